The van der Waals surface area contributed by atoms with Gasteiger partial charge in [0.05, 0.1) is 0 Å². The fraction of sp³-hybridized carbons (Fsp3) is 0.500. The number of hydrogen-bond acceptors (Lipinski definition) is 2. The fourth-order valence-electron chi connectivity index (χ4n) is 0.747. The molecule has 0 bridgehead atoms. The summed E-state index contributed by atoms with van der Waals surface area (Å²) in [7, 11) is 1.50. The van der Waals surface area contributed by atoms with Crippen LogP contribution >= 0.6 is 0 Å². The quantitative estimate of drug-likeness (QED) is 0.731. The minimum absolute atomic E-state index is 0.355. The second kappa shape index (κ2) is 18.0. The van der Waals surface area contributed by atoms with Crippen LogP contribution in [0.3, 0.4) is 0 Å². The molecule has 0 atom stereocenters. The van der Waals surface area contributed by atoms with Gasteiger partial charge in [-0.05, 0) is 13.5 Å². The van der Waals surface area contributed by atoms with Gasteiger partial charge in [0.2, 0.25) is 0 Å². The number of unbranched alkanes of at least 4 members (excludes halogenated alkanes) is 2. The number of nitrogens with two attached hydrogens (primary N) is 1. The van der Waals surface area contributed by atoms with E-state index in [2.05, 4.69) is 12.7 Å². The molecule has 0 saturated heterocycles. The summed E-state index contributed by atoms with van der Waals surface area (Å²) in [6.07, 6.45) is 3.33. The molecule has 0 radical (unpaired) electrons. The lowest BCUT2D eigenvalue weighted by molar-refractivity contribution is 0.284. The van der Waals surface area contributed by atoms with Crippen LogP contribution in [0.2, 0.25) is 0 Å². The van der Waals surface area contributed by atoms with Crippen molar-refractivity contribution in [3.63, 3.8) is 0 Å². The summed E-state index contributed by atoms with van der Waals surface area (Å²) in [6.45, 7) is 2.48. The van der Waals surface area contributed by atoms with Crippen LogP contribution in [0.4, 0.5) is 0 Å². The molecule has 1 aromatic rings. The van der Waals surface area contributed by atoms with E-state index in [4.69, 9.17) is 5.11 Å². The molecule has 2 nitrogen and oxygen atoms in total. The van der Waals surface area contributed by atoms with E-state index in [1.807, 2.05) is 36.4 Å². The largest absolute Gasteiger partial charge is 0.396 e. The standard InChI is InChI=1S/C6H6.C5H12O.CH5N/c1-2-4-6-5-3-1;1-2-3-4-5-6;1-2/h1-6H;6H,2-5H2,1H3;2H2,1H3. The van der Waals surface area contributed by atoms with E-state index in [-0.39, 0.29) is 0 Å². The van der Waals surface area contributed by atoms with Crippen LogP contribution in [0.15, 0.2) is 36.4 Å². The van der Waals surface area contributed by atoms with E-state index in [1.165, 1.54) is 13.5 Å². The van der Waals surface area contributed by atoms with Crippen LogP contribution < -0.4 is 5.73 Å². The van der Waals surface area contributed by atoms with Gasteiger partial charge >= 0.3 is 0 Å². The van der Waals surface area contributed by atoms with E-state index in [0.29, 0.717) is 6.61 Å². The first-order chi connectivity index (χ1) is 6.91. The van der Waals surface area contributed by atoms with Gasteiger partial charge in [0.15, 0.2) is 0 Å². The van der Waals surface area contributed by atoms with Gasteiger partial charge < -0.3 is 10.8 Å². The molecule has 0 fully saturated rings. The Labute approximate surface area is 87.8 Å². The van der Waals surface area contributed by atoms with E-state index in [9.17, 15) is 0 Å². The normalized spacial score (nSPS) is 7.71. The molecule has 14 heavy (non-hydrogen) atoms. The Hall–Kier alpha value is -0.860. The lowest BCUT2D eigenvalue weighted by atomic mass is 10.3. The molecule has 1 aromatic carbocycles. The van der Waals surface area contributed by atoms with Crippen molar-refractivity contribution in [1.29, 1.82) is 0 Å². The number of rotatable bonds is 3. The maximum Gasteiger partial charge on any atom is 0.0431 e. The van der Waals surface area contributed by atoms with Gasteiger partial charge in [0.25, 0.3) is 0 Å². The van der Waals surface area contributed by atoms with Crippen molar-refractivity contribution >= 4 is 0 Å². The van der Waals surface area contributed by atoms with Crippen molar-refractivity contribution < 1.29 is 5.11 Å². The average molecular weight is 197 g/mol. The molecular formula is C12H23NO. The molecule has 0 unspecified atom stereocenters. The van der Waals surface area contributed by atoms with E-state index in [0.717, 1.165) is 12.8 Å². The average Bonchev–Trinajstić information content (AvgIpc) is 2.32. The Bertz CT molecular complexity index is 123. The van der Waals surface area contributed by atoms with Gasteiger partial charge in [-0.15, -0.1) is 0 Å². The Morgan fingerprint density at radius 3 is 1.36 bits per heavy atom. The summed E-state index contributed by atoms with van der Waals surface area (Å²) >= 11 is 0. The smallest absolute Gasteiger partial charge is 0.0431 e. The zero-order chi connectivity index (χ0) is 11.1. The third-order valence-electron chi connectivity index (χ3n) is 1.43. The molecule has 0 spiro atoms. The molecule has 0 aromatic heterocycles. The number of benzene rings is 1. The molecule has 0 heterocycles. The molecule has 0 aliphatic heterocycles. The lowest BCUT2D eigenvalue weighted by Crippen LogP contribution is -1.78. The summed E-state index contributed by atoms with van der Waals surface area (Å²) in [6, 6.07) is 12.0. The van der Waals surface area contributed by atoms with E-state index >= 15 is 0 Å². The van der Waals surface area contributed by atoms with Gasteiger partial charge in [-0.25, -0.2) is 0 Å². The Morgan fingerprint density at radius 2 is 1.21 bits per heavy atom. The molecule has 82 valence electrons. The molecule has 0 aliphatic carbocycles. The Morgan fingerprint density at radius 1 is 0.857 bits per heavy atom. The third kappa shape index (κ3) is 17.3. The monoisotopic (exact) mass is 197 g/mol. The van der Waals surface area contributed by atoms with Crippen molar-refractivity contribution in [2.75, 3.05) is 13.7 Å². The fourth-order valence-corrected chi connectivity index (χ4v) is 0.747. The number of hydrogen-bond donors (Lipinski definition) is 2. The molecule has 1 rings (SSSR count). The van der Waals surface area contributed by atoms with Crippen LogP contribution in [0.25, 0.3) is 0 Å². The highest BCUT2D eigenvalue weighted by molar-refractivity contribution is 4.99. The SMILES string of the molecule is CCCCCO.CN.c1ccccc1. The molecule has 0 amide bonds. The summed E-state index contributed by atoms with van der Waals surface area (Å²) in [5, 5.41) is 8.20. The second-order valence-corrected chi connectivity index (χ2v) is 2.59. The van der Waals surface area contributed by atoms with Gasteiger partial charge in [-0.1, -0.05) is 56.2 Å². The predicted molar refractivity (Wildman–Crippen MR) is 63.2 cm³/mol. The number of aliphatic hydroxyl groups is 1. The first-order valence-electron chi connectivity index (χ1n) is 5.10. The van der Waals surface area contributed by atoms with Gasteiger partial charge in [0, 0.05) is 6.61 Å². The van der Waals surface area contributed by atoms with E-state index < -0.39 is 0 Å². The van der Waals surface area contributed by atoms with Crippen LogP contribution in [-0.2, 0) is 0 Å². The molecular weight excluding hydrogens is 174 g/mol. The van der Waals surface area contributed by atoms with Crippen LogP contribution in [0, 0.1) is 0 Å². The maximum atomic E-state index is 8.20. The second-order valence-electron chi connectivity index (χ2n) is 2.59. The van der Waals surface area contributed by atoms with Crippen LogP contribution in [0.1, 0.15) is 26.2 Å². The van der Waals surface area contributed by atoms with Gasteiger partial charge in [0.1, 0.15) is 0 Å². The molecule has 3 N–H and O–H groups in total. The highest BCUT2D eigenvalue weighted by atomic mass is 16.2. The van der Waals surface area contributed by atoms with Gasteiger partial charge in [-0.2, -0.15) is 0 Å². The Kier molecular flexibility index (Phi) is 20.1. The first-order valence-corrected chi connectivity index (χ1v) is 5.10. The summed E-state index contributed by atoms with van der Waals surface area (Å²) in [4.78, 5) is 0. The summed E-state index contributed by atoms with van der Waals surface area (Å²) < 4.78 is 0. The molecule has 0 aliphatic rings. The van der Waals surface area contributed by atoms with Crippen molar-refractivity contribution in [2.45, 2.75) is 26.2 Å². The molecule has 2 heteroatoms. The van der Waals surface area contributed by atoms with Crippen molar-refractivity contribution in [3.8, 4) is 0 Å². The third-order valence-corrected chi connectivity index (χ3v) is 1.43. The van der Waals surface area contributed by atoms with Crippen LogP contribution in [-0.4, -0.2) is 18.8 Å². The minimum Gasteiger partial charge on any atom is -0.396 e. The maximum absolute atomic E-state index is 8.20. The van der Waals surface area contributed by atoms with Crippen molar-refractivity contribution in [2.24, 2.45) is 5.73 Å². The summed E-state index contributed by atoms with van der Waals surface area (Å²) in [5.74, 6) is 0. The van der Waals surface area contributed by atoms with Crippen molar-refractivity contribution in [3.05, 3.63) is 36.4 Å². The highest BCUT2D eigenvalue weighted by Gasteiger charge is 1.76. The zero-order valence-corrected chi connectivity index (χ0v) is 9.32. The van der Waals surface area contributed by atoms with E-state index in [1.54, 1.807) is 0 Å². The van der Waals surface area contributed by atoms with Crippen molar-refractivity contribution in [1.82, 2.24) is 0 Å². The first kappa shape index (κ1) is 15.6. The topological polar surface area (TPSA) is 46.2 Å². The van der Waals surface area contributed by atoms with Crippen LogP contribution in [0.5, 0.6) is 0 Å². The highest BCUT2D eigenvalue weighted by Crippen LogP contribution is 1.89. The zero-order valence-electron chi connectivity index (χ0n) is 9.32. The van der Waals surface area contributed by atoms with Gasteiger partial charge in [-0.3, -0.25) is 0 Å². The minimum atomic E-state index is 0.355. The Balaban J connectivity index is 0. The number of aliphatic hydroxyl groups excluding tert-OH is 1. The lowest BCUT2D eigenvalue weighted by Gasteiger charge is -1.85. The predicted octanol–water partition coefficient (Wildman–Crippen LogP) is 2.43. The molecule has 0 saturated carbocycles. The summed E-state index contributed by atoms with van der Waals surface area (Å²) in [5.41, 5.74) is 4.50.